The van der Waals surface area contributed by atoms with Crippen LogP contribution in [0.4, 0.5) is 0 Å². The zero-order chi connectivity index (χ0) is 22.9. The van der Waals surface area contributed by atoms with E-state index < -0.39 is 0 Å². The molecule has 1 aromatic heterocycles. The van der Waals surface area contributed by atoms with Crippen LogP contribution in [0.25, 0.3) is 0 Å². The number of nitrogens with one attached hydrogen (secondary N) is 2. The number of rotatable bonds is 9. The summed E-state index contributed by atoms with van der Waals surface area (Å²) in [4.78, 5) is 4.75. The second-order valence-corrected chi connectivity index (χ2v) is 7.96. The predicted molar refractivity (Wildman–Crippen MR) is 145 cm³/mol. The average molecular weight is 563 g/mol. The molecule has 0 saturated carbocycles. The largest absolute Gasteiger partial charge is 0.497 e. The predicted octanol–water partition coefficient (Wildman–Crippen LogP) is 3.89. The molecule has 0 aliphatic carbocycles. The summed E-state index contributed by atoms with van der Waals surface area (Å²) >= 11 is 0. The van der Waals surface area contributed by atoms with Crippen LogP contribution < -0.4 is 15.4 Å². The van der Waals surface area contributed by atoms with Gasteiger partial charge in [-0.15, -0.1) is 34.2 Å². The summed E-state index contributed by atoms with van der Waals surface area (Å²) in [6, 6.07) is 14.6. The van der Waals surface area contributed by atoms with Gasteiger partial charge in [0, 0.05) is 20.1 Å². The molecule has 2 aromatic carbocycles. The summed E-state index contributed by atoms with van der Waals surface area (Å²) in [5.74, 6) is 3.38. The third-order valence-electron chi connectivity index (χ3n) is 5.74. The van der Waals surface area contributed by atoms with Crippen molar-refractivity contribution in [2.24, 2.45) is 12.0 Å². The number of aryl methyl sites for hydroxylation is 3. The van der Waals surface area contributed by atoms with Crippen LogP contribution in [0.15, 0.2) is 47.5 Å². The number of methoxy groups -OCH3 is 1. The van der Waals surface area contributed by atoms with Crippen molar-refractivity contribution in [2.75, 3.05) is 20.2 Å². The molecule has 0 aliphatic rings. The Balaban J connectivity index is 0.00000385. The Bertz CT molecular complexity index is 1030. The van der Waals surface area contributed by atoms with Crippen LogP contribution in [0, 0.1) is 20.8 Å². The zero-order valence-electron chi connectivity index (χ0n) is 20.2. The Morgan fingerprint density at radius 3 is 2.15 bits per heavy atom. The Morgan fingerprint density at radius 2 is 1.58 bits per heavy atom. The fourth-order valence-electron chi connectivity index (χ4n) is 3.58. The van der Waals surface area contributed by atoms with Gasteiger partial charge in [-0.3, -0.25) is 0 Å². The Kier molecular flexibility index (Phi) is 10.6. The highest BCUT2D eigenvalue weighted by molar-refractivity contribution is 14.0. The molecule has 1 heterocycles. The molecule has 0 unspecified atom stereocenters. The first-order valence-electron chi connectivity index (χ1n) is 11.0. The van der Waals surface area contributed by atoms with Crippen LogP contribution in [-0.2, 0) is 26.4 Å². The second-order valence-electron chi connectivity index (χ2n) is 7.96. The third-order valence-corrected chi connectivity index (χ3v) is 5.74. The van der Waals surface area contributed by atoms with Crippen LogP contribution >= 0.6 is 24.0 Å². The van der Waals surface area contributed by atoms with E-state index in [0.717, 1.165) is 49.3 Å². The van der Waals surface area contributed by atoms with E-state index in [0.29, 0.717) is 6.54 Å². The standard InChI is InChI=1S/C25H34N6O.HI/c1-18-7-6-8-19(2)23(18)14-16-27-25(28-17-24-30-29-20(3)31(24)4)26-15-13-21-9-11-22(32-5)12-10-21;/h6-12H,13-17H2,1-5H3,(H2,26,27,28);1H. The Labute approximate surface area is 214 Å². The van der Waals surface area contributed by atoms with Crippen LogP contribution in [0.1, 0.15) is 33.9 Å². The van der Waals surface area contributed by atoms with Crippen LogP contribution in [0.2, 0.25) is 0 Å². The molecular weight excluding hydrogens is 527 g/mol. The van der Waals surface area contributed by atoms with E-state index >= 15 is 0 Å². The quantitative estimate of drug-likeness (QED) is 0.235. The van der Waals surface area contributed by atoms with Gasteiger partial charge in [0.05, 0.1) is 7.11 Å². The van der Waals surface area contributed by atoms with Gasteiger partial charge in [0.25, 0.3) is 0 Å². The van der Waals surface area contributed by atoms with Gasteiger partial charge in [0.1, 0.15) is 18.1 Å². The first kappa shape index (κ1) is 26.6. The fourth-order valence-corrected chi connectivity index (χ4v) is 3.58. The summed E-state index contributed by atoms with van der Waals surface area (Å²) in [7, 11) is 3.65. The van der Waals surface area contributed by atoms with Crippen molar-refractivity contribution < 1.29 is 4.74 Å². The van der Waals surface area contributed by atoms with Crippen molar-refractivity contribution >= 4 is 29.9 Å². The van der Waals surface area contributed by atoms with Gasteiger partial charge in [-0.1, -0.05) is 30.3 Å². The van der Waals surface area contributed by atoms with E-state index in [1.54, 1.807) is 7.11 Å². The lowest BCUT2D eigenvalue weighted by atomic mass is 10.0. The van der Waals surface area contributed by atoms with Crippen molar-refractivity contribution in [1.82, 2.24) is 25.4 Å². The number of halogens is 1. The molecule has 0 atom stereocenters. The minimum Gasteiger partial charge on any atom is -0.497 e. The molecule has 3 rings (SSSR count). The highest BCUT2D eigenvalue weighted by Gasteiger charge is 2.07. The first-order chi connectivity index (χ1) is 15.5. The van der Waals surface area contributed by atoms with Crippen molar-refractivity contribution in [2.45, 2.75) is 40.2 Å². The van der Waals surface area contributed by atoms with Gasteiger partial charge in [-0.05, 0) is 68.0 Å². The van der Waals surface area contributed by atoms with Crippen molar-refractivity contribution in [1.29, 1.82) is 0 Å². The van der Waals surface area contributed by atoms with Gasteiger partial charge in [0.15, 0.2) is 11.8 Å². The zero-order valence-corrected chi connectivity index (χ0v) is 22.5. The molecule has 0 spiro atoms. The van der Waals surface area contributed by atoms with E-state index in [-0.39, 0.29) is 24.0 Å². The van der Waals surface area contributed by atoms with Crippen molar-refractivity contribution in [3.8, 4) is 5.75 Å². The minimum absolute atomic E-state index is 0. The summed E-state index contributed by atoms with van der Waals surface area (Å²) < 4.78 is 7.20. The smallest absolute Gasteiger partial charge is 0.191 e. The molecule has 0 fully saturated rings. The van der Waals surface area contributed by atoms with Crippen LogP contribution in [0.5, 0.6) is 5.75 Å². The third kappa shape index (κ3) is 7.73. The van der Waals surface area contributed by atoms with E-state index in [2.05, 4.69) is 65.0 Å². The summed E-state index contributed by atoms with van der Waals surface area (Å²) in [6.45, 7) is 8.33. The van der Waals surface area contributed by atoms with Crippen LogP contribution in [-0.4, -0.2) is 40.9 Å². The topological polar surface area (TPSA) is 76.4 Å². The molecule has 0 radical (unpaired) electrons. The maximum atomic E-state index is 5.24. The molecule has 8 heteroatoms. The SMILES string of the molecule is COc1ccc(CCNC(=NCc2nnc(C)n2C)NCCc2c(C)cccc2C)cc1.I. The van der Waals surface area contributed by atoms with Crippen LogP contribution in [0.3, 0.4) is 0 Å². The molecule has 0 aliphatic heterocycles. The summed E-state index contributed by atoms with van der Waals surface area (Å²) in [6.07, 6.45) is 1.84. The number of aromatic nitrogens is 3. The molecule has 178 valence electrons. The molecule has 33 heavy (non-hydrogen) atoms. The summed E-state index contributed by atoms with van der Waals surface area (Å²) in [5, 5.41) is 15.3. The maximum absolute atomic E-state index is 5.24. The van der Waals surface area contributed by atoms with Gasteiger partial charge in [0.2, 0.25) is 0 Å². The number of guanidine groups is 1. The Morgan fingerprint density at radius 1 is 0.939 bits per heavy atom. The number of benzene rings is 2. The summed E-state index contributed by atoms with van der Waals surface area (Å²) in [5.41, 5.74) is 5.29. The first-order valence-corrected chi connectivity index (χ1v) is 11.0. The number of hydrogen-bond acceptors (Lipinski definition) is 4. The average Bonchev–Trinajstić information content (AvgIpc) is 3.11. The van der Waals surface area contributed by atoms with E-state index in [1.807, 2.05) is 30.7 Å². The minimum atomic E-state index is 0. The number of aliphatic imine (C=N–C) groups is 1. The highest BCUT2D eigenvalue weighted by atomic mass is 127. The van der Waals surface area contributed by atoms with Gasteiger partial charge in [-0.2, -0.15) is 0 Å². The van der Waals surface area contributed by atoms with E-state index in [9.17, 15) is 0 Å². The molecule has 0 saturated heterocycles. The van der Waals surface area contributed by atoms with E-state index in [4.69, 9.17) is 9.73 Å². The highest BCUT2D eigenvalue weighted by Crippen LogP contribution is 2.13. The number of nitrogens with zero attached hydrogens (tertiary/aromatic N) is 4. The molecule has 0 bridgehead atoms. The maximum Gasteiger partial charge on any atom is 0.191 e. The normalized spacial score (nSPS) is 11.1. The van der Waals surface area contributed by atoms with Crippen molar-refractivity contribution in [3.05, 3.63) is 76.4 Å². The lowest BCUT2D eigenvalue weighted by molar-refractivity contribution is 0.414. The number of hydrogen-bond donors (Lipinski definition) is 2. The monoisotopic (exact) mass is 562 g/mol. The lowest BCUT2D eigenvalue weighted by Crippen LogP contribution is -2.39. The fraction of sp³-hybridized carbons (Fsp3) is 0.400. The Hall–Kier alpha value is -2.62. The molecule has 7 nitrogen and oxygen atoms in total. The second kappa shape index (κ2) is 13.2. The van der Waals surface area contributed by atoms with Gasteiger partial charge >= 0.3 is 0 Å². The number of ether oxygens (including phenoxy) is 1. The van der Waals surface area contributed by atoms with Gasteiger partial charge in [-0.25, -0.2) is 4.99 Å². The lowest BCUT2D eigenvalue weighted by Gasteiger charge is -2.15. The van der Waals surface area contributed by atoms with Gasteiger partial charge < -0.3 is 19.9 Å². The molecular formula is C25H35IN6O. The molecule has 3 aromatic rings. The molecule has 2 N–H and O–H groups in total. The van der Waals surface area contributed by atoms with E-state index in [1.165, 1.54) is 22.3 Å². The molecule has 0 amide bonds. The van der Waals surface area contributed by atoms with Crippen molar-refractivity contribution in [3.63, 3.8) is 0 Å².